The van der Waals surface area contributed by atoms with Crippen LogP contribution in [0.15, 0.2) is 29.3 Å². The molecule has 0 unspecified atom stereocenters. The van der Waals surface area contributed by atoms with E-state index in [-0.39, 0.29) is 35.3 Å². The van der Waals surface area contributed by atoms with Crippen molar-refractivity contribution in [1.29, 1.82) is 0 Å². The maximum Gasteiger partial charge on any atom is 0.230 e. The highest BCUT2D eigenvalue weighted by atomic mass is 127. The van der Waals surface area contributed by atoms with Crippen molar-refractivity contribution in [3.05, 3.63) is 41.5 Å². The molecule has 0 bridgehead atoms. The standard InChI is InChI=1S/C23H35N7O2.HI/c1-17-27-28-20(30(17)4)15-25-22(24-14-18-8-10-19(32-5)11-9-18)26-16-23(12-6-7-13-23)21(31)29(2)3;/h8-11H,6-7,12-16H2,1-5H3,(H2,24,25,26);1H. The number of carbonyl (C=O) groups excluding carboxylic acids is 1. The van der Waals surface area contributed by atoms with Gasteiger partial charge >= 0.3 is 0 Å². The Labute approximate surface area is 213 Å². The van der Waals surface area contributed by atoms with Crippen LogP contribution in [0.4, 0.5) is 0 Å². The second-order valence-corrected chi connectivity index (χ2v) is 8.63. The number of ether oxygens (including phenoxy) is 1. The maximum atomic E-state index is 12.9. The fourth-order valence-corrected chi connectivity index (χ4v) is 4.09. The average molecular weight is 569 g/mol. The summed E-state index contributed by atoms with van der Waals surface area (Å²) < 4.78 is 7.18. The molecule has 0 radical (unpaired) electrons. The molecule has 0 spiro atoms. The average Bonchev–Trinajstić information content (AvgIpc) is 3.41. The number of halogens is 1. The van der Waals surface area contributed by atoms with Gasteiger partial charge in [-0.15, -0.1) is 34.2 Å². The quantitative estimate of drug-likeness (QED) is 0.289. The Morgan fingerprint density at radius 3 is 2.39 bits per heavy atom. The van der Waals surface area contributed by atoms with Crippen LogP contribution in [0.5, 0.6) is 5.75 Å². The third-order valence-corrected chi connectivity index (χ3v) is 6.19. The highest BCUT2D eigenvalue weighted by Crippen LogP contribution is 2.38. The van der Waals surface area contributed by atoms with Gasteiger partial charge in [-0.2, -0.15) is 0 Å². The number of amides is 1. The summed E-state index contributed by atoms with van der Waals surface area (Å²) in [4.78, 5) is 19.4. The van der Waals surface area contributed by atoms with E-state index < -0.39 is 0 Å². The van der Waals surface area contributed by atoms with Crippen molar-refractivity contribution >= 4 is 35.8 Å². The first-order valence-corrected chi connectivity index (χ1v) is 11.1. The molecular weight excluding hydrogens is 533 g/mol. The minimum absolute atomic E-state index is 0. The summed E-state index contributed by atoms with van der Waals surface area (Å²) in [5.74, 6) is 3.33. The van der Waals surface area contributed by atoms with Gasteiger partial charge in [0.1, 0.15) is 11.6 Å². The zero-order valence-corrected chi connectivity index (χ0v) is 22.6. The van der Waals surface area contributed by atoms with Crippen LogP contribution < -0.4 is 15.4 Å². The first kappa shape index (κ1) is 26.9. The van der Waals surface area contributed by atoms with Crippen molar-refractivity contribution in [3.8, 4) is 5.75 Å². The molecule has 182 valence electrons. The van der Waals surface area contributed by atoms with Crippen LogP contribution in [-0.2, 0) is 24.9 Å². The normalized spacial score (nSPS) is 15.0. The minimum atomic E-state index is -0.382. The van der Waals surface area contributed by atoms with Gasteiger partial charge in [0.15, 0.2) is 11.8 Å². The second-order valence-electron chi connectivity index (χ2n) is 8.63. The topological polar surface area (TPSA) is 96.7 Å². The van der Waals surface area contributed by atoms with Crippen LogP contribution in [0.25, 0.3) is 0 Å². The van der Waals surface area contributed by atoms with Gasteiger partial charge in [-0.25, -0.2) is 4.99 Å². The molecule has 1 amide bonds. The van der Waals surface area contributed by atoms with Crippen molar-refractivity contribution in [2.45, 2.75) is 45.7 Å². The number of nitrogens with one attached hydrogen (secondary N) is 2. The summed E-state index contributed by atoms with van der Waals surface area (Å²) in [5.41, 5.74) is 0.689. The molecule has 0 atom stereocenters. The van der Waals surface area contributed by atoms with Crippen molar-refractivity contribution in [2.24, 2.45) is 17.5 Å². The lowest BCUT2D eigenvalue weighted by Crippen LogP contribution is -2.49. The van der Waals surface area contributed by atoms with Gasteiger partial charge in [-0.05, 0) is 37.5 Å². The Balaban J connectivity index is 0.00000385. The number of aliphatic imine (C=N–C) groups is 1. The van der Waals surface area contributed by atoms with Crippen LogP contribution in [-0.4, -0.2) is 59.3 Å². The Hall–Kier alpha value is -2.37. The molecule has 0 saturated heterocycles. The van der Waals surface area contributed by atoms with E-state index >= 15 is 0 Å². The number of aromatic nitrogens is 3. The van der Waals surface area contributed by atoms with Crippen molar-refractivity contribution in [1.82, 2.24) is 30.3 Å². The van der Waals surface area contributed by atoms with E-state index in [9.17, 15) is 4.79 Å². The van der Waals surface area contributed by atoms with Crippen LogP contribution >= 0.6 is 24.0 Å². The van der Waals surface area contributed by atoms with Crippen molar-refractivity contribution in [2.75, 3.05) is 27.7 Å². The van der Waals surface area contributed by atoms with E-state index in [2.05, 4.69) is 20.8 Å². The summed E-state index contributed by atoms with van der Waals surface area (Å²) in [5, 5.41) is 15.1. The molecule has 1 aliphatic carbocycles. The lowest BCUT2D eigenvalue weighted by Gasteiger charge is -2.31. The fraction of sp³-hybridized carbons (Fsp3) is 0.565. The van der Waals surface area contributed by atoms with E-state index in [4.69, 9.17) is 9.73 Å². The molecule has 0 aliphatic heterocycles. The van der Waals surface area contributed by atoms with Gasteiger partial charge in [0, 0.05) is 27.7 Å². The number of nitrogens with zero attached hydrogens (tertiary/aromatic N) is 5. The zero-order valence-electron chi connectivity index (χ0n) is 20.2. The Morgan fingerprint density at radius 2 is 1.85 bits per heavy atom. The third-order valence-electron chi connectivity index (χ3n) is 6.19. The smallest absolute Gasteiger partial charge is 0.230 e. The number of benzene rings is 1. The number of aryl methyl sites for hydroxylation is 1. The summed E-state index contributed by atoms with van der Waals surface area (Å²) in [6.07, 6.45) is 3.94. The molecule has 33 heavy (non-hydrogen) atoms. The molecule has 1 saturated carbocycles. The monoisotopic (exact) mass is 569 g/mol. The summed E-state index contributed by atoms with van der Waals surface area (Å²) in [7, 11) is 7.25. The summed E-state index contributed by atoms with van der Waals surface area (Å²) in [6, 6.07) is 7.86. The van der Waals surface area contributed by atoms with E-state index in [1.165, 1.54) is 0 Å². The molecule has 2 aromatic rings. The molecule has 3 rings (SSSR count). The lowest BCUT2D eigenvalue weighted by molar-refractivity contribution is -0.138. The molecule has 1 fully saturated rings. The highest BCUT2D eigenvalue weighted by Gasteiger charge is 2.42. The number of guanidine groups is 1. The molecule has 1 aromatic heterocycles. The van der Waals surface area contributed by atoms with Crippen LogP contribution in [0.3, 0.4) is 0 Å². The number of methoxy groups -OCH3 is 1. The number of hydrogen-bond donors (Lipinski definition) is 2. The zero-order chi connectivity index (χ0) is 23.1. The van der Waals surface area contributed by atoms with Crippen LogP contribution in [0.2, 0.25) is 0 Å². The van der Waals surface area contributed by atoms with E-state index in [0.717, 1.165) is 48.6 Å². The van der Waals surface area contributed by atoms with Gasteiger partial charge in [0.2, 0.25) is 5.91 Å². The van der Waals surface area contributed by atoms with E-state index in [0.29, 0.717) is 25.6 Å². The summed E-state index contributed by atoms with van der Waals surface area (Å²) in [6.45, 7) is 3.46. The Morgan fingerprint density at radius 1 is 1.18 bits per heavy atom. The van der Waals surface area contributed by atoms with Gasteiger partial charge in [-0.1, -0.05) is 25.0 Å². The minimum Gasteiger partial charge on any atom is -0.497 e. The molecule has 1 aromatic carbocycles. The predicted octanol–water partition coefficient (Wildman–Crippen LogP) is 2.63. The maximum absolute atomic E-state index is 12.9. The number of hydrogen-bond acceptors (Lipinski definition) is 5. The van der Waals surface area contributed by atoms with Gasteiger partial charge in [-0.3, -0.25) is 4.79 Å². The predicted molar refractivity (Wildman–Crippen MR) is 140 cm³/mol. The van der Waals surface area contributed by atoms with Gasteiger partial charge < -0.3 is 24.8 Å². The largest absolute Gasteiger partial charge is 0.497 e. The Bertz CT molecular complexity index is 935. The fourth-order valence-electron chi connectivity index (χ4n) is 4.09. The lowest BCUT2D eigenvalue weighted by atomic mass is 9.84. The molecule has 10 heteroatoms. The Kier molecular flexibility index (Phi) is 9.93. The van der Waals surface area contributed by atoms with Crippen LogP contribution in [0.1, 0.15) is 42.9 Å². The first-order valence-electron chi connectivity index (χ1n) is 11.1. The van der Waals surface area contributed by atoms with Gasteiger partial charge in [0.25, 0.3) is 0 Å². The summed E-state index contributed by atoms with van der Waals surface area (Å²) >= 11 is 0. The van der Waals surface area contributed by atoms with Crippen molar-refractivity contribution in [3.63, 3.8) is 0 Å². The number of rotatable bonds is 8. The molecule has 1 heterocycles. The third kappa shape index (κ3) is 6.81. The number of carbonyl (C=O) groups is 1. The SMILES string of the molecule is COc1ccc(CN=C(NCc2nnc(C)n2C)NCC2(C(=O)N(C)C)CCCC2)cc1.I. The first-order chi connectivity index (χ1) is 15.3. The van der Waals surface area contributed by atoms with Gasteiger partial charge in [0.05, 0.1) is 25.6 Å². The highest BCUT2D eigenvalue weighted by molar-refractivity contribution is 14.0. The molecule has 1 aliphatic rings. The molecular formula is C23H36IN7O2. The van der Waals surface area contributed by atoms with E-state index in [1.807, 2.05) is 56.9 Å². The van der Waals surface area contributed by atoms with Crippen molar-refractivity contribution < 1.29 is 9.53 Å². The van der Waals surface area contributed by atoms with Crippen LogP contribution in [0, 0.1) is 12.3 Å². The molecule has 9 nitrogen and oxygen atoms in total. The van der Waals surface area contributed by atoms with E-state index in [1.54, 1.807) is 12.0 Å². The second kappa shape index (κ2) is 12.2. The molecule has 2 N–H and O–H groups in total.